The Morgan fingerprint density at radius 2 is 2.47 bits per heavy atom. The highest BCUT2D eigenvalue weighted by Crippen LogP contribution is 1.98. The zero-order chi connectivity index (χ0) is 12.5. The van der Waals surface area contributed by atoms with Crippen molar-refractivity contribution in [2.24, 2.45) is 5.16 Å². The molecule has 1 aromatic heterocycles. The largest absolute Gasteiger partial charge is 0.411 e. The molecule has 4 N–H and O–H groups in total. The Kier molecular flexibility index (Phi) is 5.67. The molecule has 0 saturated heterocycles. The van der Waals surface area contributed by atoms with Gasteiger partial charge in [0.15, 0.2) is 0 Å². The van der Waals surface area contributed by atoms with E-state index in [-0.39, 0.29) is 5.91 Å². The van der Waals surface area contributed by atoms with Gasteiger partial charge in [0.1, 0.15) is 0 Å². The SMILES string of the molecule is C[NH2+]CCCNC(=O)c1ccc(/C=N/O)nc1. The second kappa shape index (κ2) is 7.34. The molecule has 0 saturated carbocycles. The molecule has 1 rings (SSSR count). The Labute approximate surface area is 99.7 Å². The summed E-state index contributed by atoms with van der Waals surface area (Å²) >= 11 is 0. The lowest BCUT2D eigenvalue weighted by molar-refractivity contribution is -0.626. The zero-order valence-corrected chi connectivity index (χ0v) is 9.76. The van der Waals surface area contributed by atoms with Gasteiger partial charge in [0, 0.05) is 19.2 Å². The van der Waals surface area contributed by atoms with Crippen LogP contribution in [0.1, 0.15) is 22.5 Å². The lowest BCUT2D eigenvalue weighted by atomic mass is 10.2. The van der Waals surface area contributed by atoms with Crippen LogP contribution < -0.4 is 10.6 Å². The average Bonchev–Trinajstić information content (AvgIpc) is 2.36. The van der Waals surface area contributed by atoms with Crippen molar-refractivity contribution < 1.29 is 15.3 Å². The number of carbonyl (C=O) groups excluding carboxylic acids is 1. The van der Waals surface area contributed by atoms with Gasteiger partial charge in [-0.1, -0.05) is 5.16 Å². The highest BCUT2D eigenvalue weighted by atomic mass is 16.4. The van der Waals surface area contributed by atoms with Gasteiger partial charge in [-0.05, 0) is 12.1 Å². The molecule has 0 radical (unpaired) electrons. The van der Waals surface area contributed by atoms with Gasteiger partial charge in [0.2, 0.25) is 0 Å². The second-order valence-corrected chi connectivity index (χ2v) is 3.52. The molecule has 0 atom stereocenters. The summed E-state index contributed by atoms with van der Waals surface area (Å²) in [5, 5.41) is 16.0. The van der Waals surface area contributed by atoms with Crippen LogP contribution in [0.4, 0.5) is 0 Å². The maximum Gasteiger partial charge on any atom is 0.252 e. The standard InChI is InChI=1S/C11H16N4O2/c1-12-5-2-6-13-11(16)9-3-4-10(8-15-17)14-7-9/h3-4,7-8,12,17H,2,5-6H2,1H3,(H,13,16)/p+1/b15-8+. The van der Waals surface area contributed by atoms with Crippen molar-refractivity contribution in [2.75, 3.05) is 20.1 Å². The molecule has 92 valence electrons. The fourth-order valence-corrected chi connectivity index (χ4v) is 1.29. The highest BCUT2D eigenvalue weighted by Gasteiger charge is 2.04. The molecule has 1 heterocycles. The van der Waals surface area contributed by atoms with Crippen LogP contribution in [0.2, 0.25) is 0 Å². The van der Waals surface area contributed by atoms with Crippen molar-refractivity contribution in [3.63, 3.8) is 0 Å². The molecule has 0 fully saturated rings. The van der Waals surface area contributed by atoms with Crippen molar-refractivity contribution >= 4 is 12.1 Å². The predicted molar refractivity (Wildman–Crippen MR) is 63.3 cm³/mol. The summed E-state index contributed by atoms with van der Waals surface area (Å²) in [6.45, 7) is 1.65. The Bertz CT molecular complexity index is 376. The monoisotopic (exact) mass is 237 g/mol. The minimum Gasteiger partial charge on any atom is -0.411 e. The average molecular weight is 237 g/mol. The van der Waals surface area contributed by atoms with E-state index in [1.807, 2.05) is 7.05 Å². The van der Waals surface area contributed by atoms with Crippen molar-refractivity contribution in [3.05, 3.63) is 29.6 Å². The van der Waals surface area contributed by atoms with Crippen LogP contribution in [0.3, 0.4) is 0 Å². The Morgan fingerprint density at radius 1 is 1.65 bits per heavy atom. The first-order valence-corrected chi connectivity index (χ1v) is 5.47. The number of pyridine rings is 1. The smallest absolute Gasteiger partial charge is 0.252 e. The first-order chi connectivity index (χ1) is 8.27. The quantitative estimate of drug-likeness (QED) is 0.262. The lowest BCUT2D eigenvalue weighted by Crippen LogP contribution is -2.79. The summed E-state index contributed by atoms with van der Waals surface area (Å²) in [7, 11) is 1.99. The molecule has 0 aliphatic carbocycles. The number of quaternary nitrogens is 1. The third-order valence-corrected chi connectivity index (χ3v) is 2.19. The molecule has 0 aromatic carbocycles. The number of hydrogen-bond acceptors (Lipinski definition) is 4. The Morgan fingerprint density at radius 3 is 3.06 bits per heavy atom. The molecule has 0 unspecified atom stereocenters. The van der Waals surface area contributed by atoms with Crippen LogP contribution >= 0.6 is 0 Å². The van der Waals surface area contributed by atoms with Gasteiger partial charge in [-0.2, -0.15) is 0 Å². The molecule has 0 aliphatic heterocycles. The number of nitrogens with zero attached hydrogens (tertiary/aromatic N) is 2. The van der Waals surface area contributed by atoms with Gasteiger partial charge in [-0.25, -0.2) is 0 Å². The van der Waals surface area contributed by atoms with E-state index in [0.29, 0.717) is 17.8 Å². The molecular formula is C11H17N4O2+. The molecule has 0 aliphatic rings. The van der Waals surface area contributed by atoms with Crippen molar-refractivity contribution in [1.82, 2.24) is 10.3 Å². The Hall–Kier alpha value is -1.95. The molecule has 1 amide bonds. The number of oxime groups is 1. The molecule has 1 aromatic rings. The van der Waals surface area contributed by atoms with Gasteiger partial charge < -0.3 is 15.8 Å². The van der Waals surface area contributed by atoms with Gasteiger partial charge in [0.05, 0.1) is 31.1 Å². The zero-order valence-electron chi connectivity index (χ0n) is 9.76. The number of carbonyl (C=O) groups is 1. The third-order valence-electron chi connectivity index (χ3n) is 2.19. The van der Waals surface area contributed by atoms with Gasteiger partial charge in [-0.15, -0.1) is 0 Å². The van der Waals surface area contributed by atoms with E-state index < -0.39 is 0 Å². The van der Waals surface area contributed by atoms with Crippen molar-refractivity contribution in [3.8, 4) is 0 Å². The first-order valence-electron chi connectivity index (χ1n) is 5.47. The van der Waals surface area contributed by atoms with E-state index in [0.717, 1.165) is 13.0 Å². The molecule has 0 spiro atoms. The van der Waals surface area contributed by atoms with Crippen LogP contribution in [0.15, 0.2) is 23.5 Å². The normalized spacial score (nSPS) is 10.6. The predicted octanol–water partition coefficient (Wildman–Crippen LogP) is -0.797. The van der Waals surface area contributed by atoms with E-state index in [2.05, 4.69) is 20.8 Å². The number of rotatable bonds is 6. The van der Waals surface area contributed by atoms with Crippen LogP contribution in [-0.2, 0) is 0 Å². The maximum atomic E-state index is 11.6. The van der Waals surface area contributed by atoms with Crippen molar-refractivity contribution in [1.29, 1.82) is 0 Å². The van der Waals surface area contributed by atoms with Gasteiger partial charge >= 0.3 is 0 Å². The number of amides is 1. The molecule has 17 heavy (non-hydrogen) atoms. The third kappa shape index (κ3) is 4.60. The number of aromatic nitrogens is 1. The van der Waals surface area contributed by atoms with E-state index in [1.54, 1.807) is 12.1 Å². The Balaban J connectivity index is 2.46. The number of nitrogens with two attached hydrogens (primary N) is 1. The van der Waals surface area contributed by atoms with Crippen LogP contribution in [0, 0.1) is 0 Å². The topological polar surface area (TPSA) is 91.2 Å². The van der Waals surface area contributed by atoms with Gasteiger partial charge in [-0.3, -0.25) is 9.78 Å². The molecule has 6 heteroatoms. The molecule has 6 nitrogen and oxygen atoms in total. The fraction of sp³-hybridized carbons (Fsp3) is 0.364. The number of nitrogens with one attached hydrogen (secondary N) is 1. The minimum atomic E-state index is -0.138. The summed E-state index contributed by atoms with van der Waals surface area (Å²) in [5.41, 5.74) is 1.00. The number of hydrogen-bond donors (Lipinski definition) is 3. The van der Waals surface area contributed by atoms with E-state index >= 15 is 0 Å². The first kappa shape index (κ1) is 13.1. The minimum absolute atomic E-state index is 0.138. The highest BCUT2D eigenvalue weighted by molar-refractivity contribution is 5.94. The van der Waals surface area contributed by atoms with Crippen LogP contribution in [-0.4, -0.2) is 42.5 Å². The maximum absolute atomic E-state index is 11.6. The van der Waals surface area contributed by atoms with Crippen LogP contribution in [0.5, 0.6) is 0 Å². The summed E-state index contributed by atoms with van der Waals surface area (Å²) in [4.78, 5) is 15.6. The molecule has 0 bridgehead atoms. The van der Waals surface area contributed by atoms with E-state index in [4.69, 9.17) is 5.21 Å². The van der Waals surface area contributed by atoms with Crippen LogP contribution in [0.25, 0.3) is 0 Å². The molecular weight excluding hydrogens is 220 g/mol. The van der Waals surface area contributed by atoms with E-state index in [9.17, 15) is 4.79 Å². The fourth-order valence-electron chi connectivity index (χ4n) is 1.29. The van der Waals surface area contributed by atoms with E-state index in [1.165, 1.54) is 12.4 Å². The summed E-state index contributed by atoms with van der Waals surface area (Å²) < 4.78 is 0. The summed E-state index contributed by atoms with van der Waals surface area (Å²) in [6.07, 6.45) is 3.60. The summed E-state index contributed by atoms with van der Waals surface area (Å²) in [6, 6.07) is 3.26. The summed E-state index contributed by atoms with van der Waals surface area (Å²) in [5.74, 6) is -0.138. The lowest BCUT2D eigenvalue weighted by Gasteiger charge is -2.03. The second-order valence-electron chi connectivity index (χ2n) is 3.52. The van der Waals surface area contributed by atoms with Gasteiger partial charge in [0.25, 0.3) is 5.91 Å². The van der Waals surface area contributed by atoms with Crippen molar-refractivity contribution in [2.45, 2.75) is 6.42 Å².